The fourth-order valence-corrected chi connectivity index (χ4v) is 2.67. The van der Waals surface area contributed by atoms with Crippen LogP contribution in [0, 0.1) is 0 Å². The maximum atomic E-state index is 12.0. The molecule has 0 aliphatic carbocycles. The zero-order valence-electron chi connectivity index (χ0n) is 11.2. The number of hydrogen-bond acceptors (Lipinski definition) is 4. The molecule has 106 valence electrons. The topological polar surface area (TPSA) is 62.2 Å². The fourth-order valence-electron chi connectivity index (χ4n) is 1.55. The number of carbonyl (C=O) groups is 1. The normalized spacial score (nSPS) is 11.4. The lowest BCUT2D eigenvalue weighted by atomic mass is 10.1. The first-order valence-electron chi connectivity index (χ1n) is 6.07. The van der Waals surface area contributed by atoms with E-state index < -0.39 is 5.54 Å². The summed E-state index contributed by atoms with van der Waals surface area (Å²) in [6.07, 6.45) is 0. The summed E-state index contributed by atoms with van der Waals surface area (Å²) in [6, 6.07) is 7.36. The van der Waals surface area contributed by atoms with Gasteiger partial charge in [0.1, 0.15) is 10.7 Å². The van der Waals surface area contributed by atoms with Crippen LogP contribution < -0.4 is 5.32 Å². The number of halogens is 1. The van der Waals surface area contributed by atoms with E-state index in [4.69, 9.17) is 16.7 Å². The second-order valence-electron chi connectivity index (χ2n) is 5.01. The average Bonchev–Trinajstić information content (AvgIpc) is 2.88. The number of hydrogen-bond donors (Lipinski definition) is 2. The molecule has 2 N–H and O–H groups in total. The van der Waals surface area contributed by atoms with Gasteiger partial charge in [0.25, 0.3) is 5.91 Å². The molecular weight excluding hydrogens is 296 g/mol. The van der Waals surface area contributed by atoms with Crippen molar-refractivity contribution in [3.05, 3.63) is 40.4 Å². The van der Waals surface area contributed by atoms with E-state index in [0.29, 0.717) is 15.7 Å². The molecule has 0 radical (unpaired) electrons. The van der Waals surface area contributed by atoms with Gasteiger partial charge in [-0.05, 0) is 19.9 Å². The second kappa shape index (κ2) is 5.91. The van der Waals surface area contributed by atoms with Crippen molar-refractivity contribution in [2.75, 3.05) is 6.61 Å². The monoisotopic (exact) mass is 310 g/mol. The SMILES string of the molecule is CC(C)(CO)NC(=O)c1csc(-c2ccccc2Cl)n1. The van der Waals surface area contributed by atoms with Crippen molar-refractivity contribution in [2.24, 2.45) is 0 Å². The summed E-state index contributed by atoms with van der Waals surface area (Å²) in [5.41, 5.74) is 0.455. The molecule has 0 saturated carbocycles. The molecule has 0 atom stereocenters. The van der Waals surface area contributed by atoms with Gasteiger partial charge in [0.2, 0.25) is 0 Å². The Hall–Kier alpha value is -1.43. The molecule has 0 spiro atoms. The van der Waals surface area contributed by atoms with Crippen LogP contribution in [0.15, 0.2) is 29.6 Å². The summed E-state index contributed by atoms with van der Waals surface area (Å²) >= 11 is 7.47. The Labute approximate surface area is 126 Å². The van der Waals surface area contributed by atoms with Gasteiger partial charge in [0.05, 0.1) is 17.2 Å². The maximum absolute atomic E-state index is 12.0. The molecule has 1 heterocycles. The molecule has 0 unspecified atom stereocenters. The average molecular weight is 311 g/mol. The Morgan fingerprint density at radius 2 is 2.15 bits per heavy atom. The number of aliphatic hydroxyl groups is 1. The van der Waals surface area contributed by atoms with Crippen molar-refractivity contribution in [1.82, 2.24) is 10.3 Å². The van der Waals surface area contributed by atoms with Gasteiger partial charge in [0.15, 0.2) is 0 Å². The van der Waals surface area contributed by atoms with Gasteiger partial charge in [0, 0.05) is 10.9 Å². The lowest BCUT2D eigenvalue weighted by Crippen LogP contribution is -2.46. The van der Waals surface area contributed by atoms with Crippen LogP contribution in [0.2, 0.25) is 5.02 Å². The molecule has 0 bridgehead atoms. The van der Waals surface area contributed by atoms with Gasteiger partial charge in [-0.2, -0.15) is 0 Å². The number of carbonyl (C=O) groups excluding carboxylic acids is 1. The number of rotatable bonds is 4. The maximum Gasteiger partial charge on any atom is 0.271 e. The minimum absolute atomic E-state index is 0.139. The highest BCUT2D eigenvalue weighted by molar-refractivity contribution is 7.13. The van der Waals surface area contributed by atoms with Crippen LogP contribution in [0.25, 0.3) is 10.6 Å². The summed E-state index contributed by atoms with van der Waals surface area (Å²) < 4.78 is 0. The van der Waals surface area contributed by atoms with Crippen molar-refractivity contribution in [3.8, 4) is 10.6 Å². The van der Waals surface area contributed by atoms with E-state index >= 15 is 0 Å². The molecule has 2 rings (SSSR count). The molecule has 0 aliphatic heterocycles. The lowest BCUT2D eigenvalue weighted by molar-refractivity contribution is 0.0865. The van der Waals surface area contributed by atoms with Gasteiger partial charge in [-0.15, -0.1) is 11.3 Å². The largest absolute Gasteiger partial charge is 0.394 e. The first-order valence-corrected chi connectivity index (χ1v) is 7.32. The quantitative estimate of drug-likeness (QED) is 0.912. The Morgan fingerprint density at radius 3 is 2.80 bits per heavy atom. The first kappa shape index (κ1) is 15.0. The molecule has 1 amide bonds. The van der Waals surface area contributed by atoms with Crippen molar-refractivity contribution in [1.29, 1.82) is 0 Å². The van der Waals surface area contributed by atoms with E-state index in [2.05, 4.69) is 10.3 Å². The smallest absolute Gasteiger partial charge is 0.271 e. The van der Waals surface area contributed by atoms with Crippen molar-refractivity contribution in [2.45, 2.75) is 19.4 Å². The van der Waals surface area contributed by atoms with Gasteiger partial charge in [-0.3, -0.25) is 4.79 Å². The van der Waals surface area contributed by atoms with E-state index in [0.717, 1.165) is 5.56 Å². The predicted molar refractivity (Wildman–Crippen MR) is 81.2 cm³/mol. The summed E-state index contributed by atoms with van der Waals surface area (Å²) in [4.78, 5) is 16.3. The molecule has 1 aromatic heterocycles. The van der Waals surface area contributed by atoms with Gasteiger partial charge >= 0.3 is 0 Å². The molecule has 4 nitrogen and oxygen atoms in total. The molecule has 2 aromatic rings. The molecule has 0 saturated heterocycles. The Balaban J connectivity index is 2.22. The van der Waals surface area contributed by atoms with E-state index in [1.165, 1.54) is 11.3 Å². The Bertz CT molecular complexity index is 625. The summed E-state index contributed by atoms with van der Waals surface area (Å²) in [5, 5.41) is 14.9. The van der Waals surface area contributed by atoms with Crippen molar-refractivity contribution >= 4 is 28.8 Å². The van der Waals surface area contributed by atoms with E-state index in [9.17, 15) is 4.79 Å². The molecule has 1 aromatic carbocycles. The molecule has 6 heteroatoms. The number of nitrogens with zero attached hydrogens (tertiary/aromatic N) is 1. The minimum Gasteiger partial charge on any atom is -0.394 e. The van der Waals surface area contributed by atoms with Crippen LogP contribution in [0.5, 0.6) is 0 Å². The predicted octanol–water partition coefficient (Wildman–Crippen LogP) is 2.96. The third-order valence-electron chi connectivity index (χ3n) is 2.69. The Kier molecular flexibility index (Phi) is 4.42. The number of thiazole rings is 1. The summed E-state index contributed by atoms with van der Waals surface area (Å²) in [7, 11) is 0. The number of nitrogens with one attached hydrogen (secondary N) is 1. The molecule has 0 aliphatic rings. The molecular formula is C14H15ClN2O2S. The van der Waals surface area contributed by atoms with Crippen LogP contribution in [-0.4, -0.2) is 28.1 Å². The first-order chi connectivity index (χ1) is 9.43. The number of aliphatic hydroxyl groups excluding tert-OH is 1. The number of amides is 1. The lowest BCUT2D eigenvalue weighted by Gasteiger charge is -2.22. The number of benzene rings is 1. The van der Waals surface area contributed by atoms with E-state index in [-0.39, 0.29) is 12.5 Å². The van der Waals surface area contributed by atoms with Crippen LogP contribution in [0.4, 0.5) is 0 Å². The summed E-state index contributed by atoms with van der Waals surface area (Å²) in [6.45, 7) is 3.35. The highest BCUT2D eigenvalue weighted by atomic mass is 35.5. The van der Waals surface area contributed by atoms with Crippen LogP contribution >= 0.6 is 22.9 Å². The zero-order chi connectivity index (χ0) is 14.8. The van der Waals surface area contributed by atoms with Crippen LogP contribution in [0.3, 0.4) is 0 Å². The third kappa shape index (κ3) is 3.36. The summed E-state index contributed by atoms with van der Waals surface area (Å²) in [5.74, 6) is -0.307. The Morgan fingerprint density at radius 1 is 1.45 bits per heavy atom. The highest BCUT2D eigenvalue weighted by Crippen LogP contribution is 2.30. The van der Waals surface area contributed by atoms with Gasteiger partial charge in [-0.1, -0.05) is 29.8 Å². The van der Waals surface area contributed by atoms with Crippen LogP contribution in [-0.2, 0) is 0 Å². The number of aromatic nitrogens is 1. The van der Waals surface area contributed by atoms with Crippen molar-refractivity contribution in [3.63, 3.8) is 0 Å². The van der Waals surface area contributed by atoms with Crippen molar-refractivity contribution < 1.29 is 9.90 Å². The molecule has 0 fully saturated rings. The van der Waals surface area contributed by atoms with E-state index in [1.54, 1.807) is 25.3 Å². The standard InChI is InChI=1S/C14H15ClN2O2S/c1-14(2,8-18)17-12(19)11-7-20-13(16-11)9-5-3-4-6-10(9)15/h3-7,18H,8H2,1-2H3,(H,17,19). The third-order valence-corrected chi connectivity index (χ3v) is 3.89. The van der Waals surface area contributed by atoms with Crippen LogP contribution in [0.1, 0.15) is 24.3 Å². The fraction of sp³-hybridized carbons (Fsp3) is 0.286. The highest BCUT2D eigenvalue weighted by Gasteiger charge is 2.22. The van der Waals surface area contributed by atoms with E-state index in [1.807, 2.05) is 18.2 Å². The van der Waals surface area contributed by atoms with Gasteiger partial charge in [-0.25, -0.2) is 4.98 Å². The molecule has 20 heavy (non-hydrogen) atoms. The van der Waals surface area contributed by atoms with Gasteiger partial charge < -0.3 is 10.4 Å². The zero-order valence-corrected chi connectivity index (χ0v) is 12.8. The minimum atomic E-state index is -0.675. The second-order valence-corrected chi connectivity index (χ2v) is 6.28.